The van der Waals surface area contributed by atoms with E-state index in [9.17, 15) is 0 Å². The van der Waals surface area contributed by atoms with E-state index in [0.29, 0.717) is 5.92 Å². The first-order valence-electron chi connectivity index (χ1n) is 7.00. The highest BCUT2D eigenvalue weighted by Gasteiger charge is 2.12. The Morgan fingerprint density at radius 1 is 1.33 bits per heavy atom. The number of hydrogen-bond acceptors (Lipinski definition) is 3. The highest BCUT2D eigenvalue weighted by molar-refractivity contribution is 5.28. The van der Waals surface area contributed by atoms with Gasteiger partial charge in [-0.15, -0.1) is 0 Å². The van der Waals surface area contributed by atoms with Crippen LogP contribution in [0.25, 0.3) is 0 Å². The molecule has 0 aliphatic rings. The first kappa shape index (κ1) is 15.0. The van der Waals surface area contributed by atoms with Crippen LogP contribution in [0.15, 0.2) is 18.3 Å². The van der Waals surface area contributed by atoms with Gasteiger partial charge in [-0.2, -0.15) is 0 Å². The van der Waals surface area contributed by atoms with Gasteiger partial charge in [0.25, 0.3) is 0 Å². The summed E-state index contributed by atoms with van der Waals surface area (Å²) in [5.41, 5.74) is 1.14. The molecule has 3 nitrogen and oxygen atoms in total. The molecular weight excluding hydrogens is 224 g/mol. The summed E-state index contributed by atoms with van der Waals surface area (Å²) in [6.45, 7) is 10.4. The minimum atomic E-state index is 0.278. The molecule has 0 saturated carbocycles. The van der Waals surface area contributed by atoms with Gasteiger partial charge in [0.1, 0.15) is 0 Å². The molecule has 0 aromatic carbocycles. The maximum absolute atomic E-state index is 5.87. The molecule has 0 aliphatic heterocycles. The molecule has 2 atom stereocenters. The molecule has 18 heavy (non-hydrogen) atoms. The quantitative estimate of drug-likeness (QED) is 0.766. The third kappa shape index (κ3) is 4.65. The van der Waals surface area contributed by atoms with Gasteiger partial charge in [-0.25, -0.2) is 4.98 Å². The first-order chi connectivity index (χ1) is 8.69. The Labute approximate surface area is 111 Å². The van der Waals surface area contributed by atoms with E-state index in [2.05, 4.69) is 44.1 Å². The Kier molecular flexibility index (Phi) is 6.73. The normalized spacial score (nSPS) is 14.2. The molecule has 1 aromatic rings. The molecule has 1 N–H and O–H groups in total. The third-order valence-electron chi connectivity index (χ3n) is 3.06. The highest BCUT2D eigenvalue weighted by atomic mass is 16.5. The minimum absolute atomic E-state index is 0.278. The lowest BCUT2D eigenvalue weighted by Crippen LogP contribution is -2.19. The molecule has 0 bridgehead atoms. The van der Waals surface area contributed by atoms with Crippen LogP contribution < -0.4 is 10.1 Å². The molecule has 0 spiro atoms. The fourth-order valence-electron chi connectivity index (χ4n) is 2.07. The van der Waals surface area contributed by atoms with Gasteiger partial charge in [-0.05, 0) is 31.9 Å². The molecule has 0 fully saturated rings. The molecule has 102 valence electrons. The number of nitrogens with one attached hydrogen (secondary N) is 1. The largest absolute Gasteiger partial charge is 0.477 e. The Morgan fingerprint density at radius 2 is 2.11 bits per heavy atom. The summed E-state index contributed by atoms with van der Waals surface area (Å²) in [7, 11) is 0. The van der Waals surface area contributed by atoms with Gasteiger partial charge in [-0.1, -0.05) is 33.3 Å². The summed E-state index contributed by atoms with van der Waals surface area (Å²) in [5.74, 6) is 1.35. The van der Waals surface area contributed by atoms with Crippen LogP contribution in [0.1, 0.15) is 52.1 Å². The van der Waals surface area contributed by atoms with Gasteiger partial charge in [0.2, 0.25) is 5.88 Å². The van der Waals surface area contributed by atoms with Crippen LogP contribution in [0.3, 0.4) is 0 Å². The number of pyridine rings is 1. The van der Waals surface area contributed by atoms with Crippen molar-refractivity contribution >= 4 is 0 Å². The zero-order chi connectivity index (χ0) is 13.4. The zero-order valence-electron chi connectivity index (χ0n) is 12.1. The van der Waals surface area contributed by atoms with Crippen molar-refractivity contribution < 1.29 is 4.74 Å². The fraction of sp³-hybridized carbons (Fsp3) is 0.667. The van der Waals surface area contributed by atoms with Crippen LogP contribution in [0.5, 0.6) is 5.88 Å². The van der Waals surface area contributed by atoms with Gasteiger partial charge < -0.3 is 10.1 Å². The van der Waals surface area contributed by atoms with Crippen molar-refractivity contribution in [3.05, 3.63) is 23.9 Å². The Morgan fingerprint density at radius 3 is 2.78 bits per heavy atom. The van der Waals surface area contributed by atoms with Crippen molar-refractivity contribution in [1.29, 1.82) is 0 Å². The van der Waals surface area contributed by atoms with Crippen LogP contribution >= 0.6 is 0 Å². The second-order valence-electron chi connectivity index (χ2n) is 4.88. The van der Waals surface area contributed by atoms with Crippen LogP contribution in [-0.4, -0.2) is 18.1 Å². The van der Waals surface area contributed by atoms with Crippen LogP contribution in [0, 0.1) is 5.92 Å². The van der Waals surface area contributed by atoms with Gasteiger partial charge in [-0.3, -0.25) is 0 Å². The van der Waals surface area contributed by atoms with Gasteiger partial charge in [0, 0.05) is 17.8 Å². The van der Waals surface area contributed by atoms with Crippen molar-refractivity contribution in [2.24, 2.45) is 5.92 Å². The lowest BCUT2D eigenvalue weighted by atomic mass is 10.1. The van der Waals surface area contributed by atoms with E-state index in [0.717, 1.165) is 24.6 Å². The zero-order valence-corrected chi connectivity index (χ0v) is 12.1. The second kappa shape index (κ2) is 8.09. The molecule has 1 aromatic heterocycles. The van der Waals surface area contributed by atoms with E-state index >= 15 is 0 Å². The number of ether oxygens (including phenoxy) is 1. The van der Waals surface area contributed by atoms with Crippen molar-refractivity contribution in [2.45, 2.75) is 46.6 Å². The summed E-state index contributed by atoms with van der Waals surface area (Å²) in [6, 6.07) is 4.33. The minimum Gasteiger partial charge on any atom is -0.477 e. The summed E-state index contributed by atoms with van der Waals surface area (Å²) < 4.78 is 5.87. The molecular formula is C15H26N2O. The van der Waals surface area contributed by atoms with Crippen molar-refractivity contribution in [2.75, 3.05) is 13.2 Å². The van der Waals surface area contributed by atoms with Crippen LogP contribution in [0.2, 0.25) is 0 Å². The lowest BCUT2D eigenvalue weighted by Gasteiger charge is -2.18. The summed E-state index contributed by atoms with van der Waals surface area (Å²) >= 11 is 0. The number of hydrogen-bond donors (Lipinski definition) is 1. The maximum atomic E-state index is 5.87. The van der Waals surface area contributed by atoms with E-state index in [-0.39, 0.29) is 6.04 Å². The lowest BCUT2D eigenvalue weighted by molar-refractivity contribution is 0.239. The van der Waals surface area contributed by atoms with Crippen molar-refractivity contribution in [1.82, 2.24) is 10.3 Å². The van der Waals surface area contributed by atoms with E-state index in [1.165, 1.54) is 12.8 Å². The molecule has 3 heteroatoms. The van der Waals surface area contributed by atoms with Crippen molar-refractivity contribution in [3.8, 4) is 5.88 Å². The predicted octanol–water partition coefficient (Wildman–Crippen LogP) is 3.57. The summed E-state index contributed by atoms with van der Waals surface area (Å²) in [5, 5.41) is 3.39. The summed E-state index contributed by atoms with van der Waals surface area (Å²) in [4.78, 5) is 4.35. The van der Waals surface area contributed by atoms with Gasteiger partial charge in [0.05, 0.1) is 6.61 Å². The molecule has 0 amide bonds. The number of nitrogens with zero attached hydrogens (tertiary/aromatic N) is 1. The van der Waals surface area contributed by atoms with Crippen LogP contribution in [0.4, 0.5) is 0 Å². The average molecular weight is 250 g/mol. The van der Waals surface area contributed by atoms with E-state index in [4.69, 9.17) is 4.74 Å². The van der Waals surface area contributed by atoms with E-state index in [1.54, 1.807) is 6.20 Å². The molecule has 1 rings (SSSR count). The SMILES string of the molecule is CCCC(C)COc1ncccc1C(C)NCC. The number of rotatable bonds is 8. The molecule has 0 radical (unpaired) electrons. The van der Waals surface area contributed by atoms with Gasteiger partial charge in [0.15, 0.2) is 0 Å². The Balaban J connectivity index is 2.64. The van der Waals surface area contributed by atoms with E-state index in [1.807, 2.05) is 6.07 Å². The Hall–Kier alpha value is -1.09. The number of aromatic nitrogens is 1. The topological polar surface area (TPSA) is 34.1 Å². The predicted molar refractivity (Wildman–Crippen MR) is 75.9 cm³/mol. The third-order valence-corrected chi connectivity index (χ3v) is 3.06. The smallest absolute Gasteiger partial charge is 0.218 e. The molecule has 0 saturated heterocycles. The average Bonchev–Trinajstić information content (AvgIpc) is 2.37. The molecule has 0 aliphatic carbocycles. The van der Waals surface area contributed by atoms with E-state index < -0.39 is 0 Å². The first-order valence-corrected chi connectivity index (χ1v) is 7.00. The van der Waals surface area contributed by atoms with Gasteiger partial charge >= 0.3 is 0 Å². The monoisotopic (exact) mass is 250 g/mol. The molecule has 2 unspecified atom stereocenters. The maximum Gasteiger partial charge on any atom is 0.218 e. The second-order valence-corrected chi connectivity index (χ2v) is 4.88. The highest BCUT2D eigenvalue weighted by Crippen LogP contribution is 2.22. The summed E-state index contributed by atoms with van der Waals surface area (Å²) in [6.07, 6.45) is 4.19. The molecule has 1 heterocycles. The standard InChI is InChI=1S/C15H26N2O/c1-5-8-12(3)11-18-15-14(9-7-10-17-15)13(4)16-6-2/h7,9-10,12-13,16H,5-6,8,11H2,1-4H3. The Bertz CT molecular complexity index is 341. The van der Waals surface area contributed by atoms with Crippen LogP contribution in [-0.2, 0) is 0 Å². The fourth-order valence-corrected chi connectivity index (χ4v) is 2.07. The van der Waals surface area contributed by atoms with Crippen molar-refractivity contribution in [3.63, 3.8) is 0 Å².